The van der Waals surface area contributed by atoms with Crippen molar-refractivity contribution in [3.8, 4) is 11.8 Å². The number of nitriles is 1. The van der Waals surface area contributed by atoms with Gasteiger partial charge in [0.1, 0.15) is 17.5 Å². The maximum atomic E-state index is 10.8. The molecule has 0 saturated heterocycles. The van der Waals surface area contributed by atoms with Crippen molar-refractivity contribution >= 4 is 12.0 Å². The standard InChI is InChI=1S/C12H12N2O2/c1-9(15)14-11(8-13)7-10-5-3-4-6-12(10)16-2/h3-7H,1-2H3,(H,14,15)/b11-7+. The van der Waals surface area contributed by atoms with E-state index in [1.165, 1.54) is 6.92 Å². The minimum Gasteiger partial charge on any atom is -0.496 e. The highest BCUT2D eigenvalue weighted by Crippen LogP contribution is 2.19. The zero-order chi connectivity index (χ0) is 12.0. The summed E-state index contributed by atoms with van der Waals surface area (Å²) >= 11 is 0. The smallest absolute Gasteiger partial charge is 0.221 e. The molecular formula is C12H12N2O2. The molecule has 0 aromatic heterocycles. The lowest BCUT2D eigenvalue weighted by Gasteiger charge is -2.04. The Bertz CT molecular complexity index is 458. The Labute approximate surface area is 94.1 Å². The molecule has 1 aromatic rings. The molecule has 0 atom stereocenters. The topological polar surface area (TPSA) is 62.1 Å². The van der Waals surface area contributed by atoms with Gasteiger partial charge in [-0.1, -0.05) is 18.2 Å². The molecule has 1 N–H and O–H groups in total. The van der Waals surface area contributed by atoms with Gasteiger partial charge in [0.25, 0.3) is 0 Å². The third kappa shape index (κ3) is 3.14. The predicted octanol–water partition coefficient (Wildman–Crippen LogP) is 1.70. The van der Waals surface area contributed by atoms with Crippen LogP contribution in [0.4, 0.5) is 0 Å². The number of nitrogens with one attached hydrogen (secondary N) is 1. The summed E-state index contributed by atoms with van der Waals surface area (Å²) in [6.45, 7) is 1.35. The van der Waals surface area contributed by atoms with Gasteiger partial charge in [0, 0.05) is 12.5 Å². The molecule has 0 heterocycles. The Kier molecular flexibility index (Phi) is 4.10. The maximum absolute atomic E-state index is 10.8. The number of methoxy groups -OCH3 is 1. The number of hydrogen-bond acceptors (Lipinski definition) is 3. The summed E-state index contributed by atoms with van der Waals surface area (Å²) in [4.78, 5) is 10.8. The van der Waals surface area contributed by atoms with Crippen LogP contribution in [0.2, 0.25) is 0 Å². The molecule has 0 saturated carbocycles. The van der Waals surface area contributed by atoms with Crippen molar-refractivity contribution < 1.29 is 9.53 Å². The summed E-state index contributed by atoms with van der Waals surface area (Å²) in [6, 6.07) is 9.16. The fourth-order valence-corrected chi connectivity index (χ4v) is 1.23. The molecule has 0 radical (unpaired) electrons. The van der Waals surface area contributed by atoms with Gasteiger partial charge in [-0.05, 0) is 12.1 Å². The number of amides is 1. The highest BCUT2D eigenvalue weighted by Gasteiger charge is 2.02. The Hall–Kier alpha value is -2.28. The summed E-state index contributed by atoms with van der Waals surface area (Å²) in [5.74, 6) is 0.378. The third-order valence-electron chi connectivity index (χ3n) is 1.87. The molecule has 1 aromatic carbocycles. The molecule has 82 valence electrons. The molecule has 0 bridgehead atoms. The van der Waals surface area contributed by atoms with Crippen molar-refractivity contribution in [3.63, 3.8) is 0 Å². The number of para-hydroxylation sites is 1. The van der Waals surface area contributed by atoms with Crippen LogP contribution < -0.4 is 10.1 Å². The quantitative estimate of drug-likeness (QED) is 0.782. The highest BCUT2D eigenvalue weighted by molar-refractivity contribution is 5.78. The van der Waals surface area contributed by atoms with Crippen LogP contribution in [0.1, 0.15) is 12.5 Å². The monoisotopic (exact) mass is 216 g/mol. The number of ether oxygens (including phenoxy) is 1. The molecule has 0 fully saturated rings. The molecule has 0 aliphatic heterocycles. The van der Waals surface area contributed by atoms with E-state index in [9.17, 15) is 4.79 Å². The summed E-state index contributed by atoms with van der Waals surface area (Å²) in [5, 5.41) is 11.3. The van der Waals surface area contributed by atoms with Gasteiger partial charge >= 0.3 is 0 Å². The van der Waals surface area contributed by atoms with Crippen molar-refractivity contribution in [2.24, 2.45) is 0 Å². The Morgan fingerprint density at radius 1 is 1.50 bits per heavy atom. The Balaban J connectivity index is 3.04. The zero-order valence-corrected chi connectivity index (χ0v) is 9.15. The van der Waals surface area contributed by atoms with E-state index in [2.05, 4.69) is 5.32 Å². The van der Waals surface area contributed by atoms with E-state index in [0.717, 1.165) is 5.56 Å². The van der Waals surface area contributed by atoms with Gasteiger partial charge < -0.3 is 10.1 Å². The molecule has 4 heteroatoms. The zero-order valence-electron chi connectivity index (χ0n) is 9.15. The molecular weight excluding hydrogens is 204 g/mol. The van der Waals surface area contributed by atoms with Crippen molar-refractivity contribution in [2.75, 3.05) is 7.11 Å². The van der Waals surface area contributed by atoms with Gasteiger partial charge in [0.05, 0.1) is 7.11 Å². The predicted molar refractivity (Wildman–Crippen MR) is 60.4 cm³/mol. The van der Waals surface area contributed by atoms with Gasteiger partial charge in [0.2, 0.25) is 5.91 Å². The van der Waals surface area contributed by atoms with Crippen LogP contribution in [0.3, 0.4) is 0 Å². The summed E-state index contributed by atoms with van der Waals surface area (Å²) in [6.07, 6.45) is 1.57. The van der Waals surface area contributed by atoms with E-state index in [4.69, 9.17) is 10.00 Å². The number of rotatable bonds is 3. The highest BCUT2D eigenvalue weighted by atomic mass is 16.5. The number of allylic oxidation sites excluding steroid dienone is 1. The first-order valence-corrected chi connectivity index (χ1v) is 4.69. The van der Waals surface area contributed by atoms with Crippen LogP contribution in [0.25, 0.3) is 6.08 Å². The number of hydrogen-bond donors (Lipinski definition) is 1. The summed E-state index contributed by atoms with van der Waals surface area (Å²) < 4.78 is 5.13. The lowest BCUT2D eigenvalue weighted by Crippen LogP contribution is -2.17. The average Bonchev–Trinajstić information content (AvgIpc) is 2.28. The molecule has 0 aliphatic rings. The fourth-order valence-electron chi connectivity index (χ4n) is 1.23. The lowest BCUT2D eigenvalue weighted by atomic mass is 10.1. The number of carbonyl (C=O) groups excluding carboxylic acids is 1. The molecule has 4 nitrogen and oxygen atoms in total. The van der Waals surface area contributed by atoms with Gasteiger partial charge in [-0.3, -0.25) is 4.79 Å². The maximum Gasteiger partial charge on any atom is 0.221 e. The van der Waals surface area contributed by atoms with Crippen LogP contribution >= 0.6 is 0 Å². The van der Waals surface area contributed by atoms with E-state index in [-0.39, 0.29) is 11.6 Å². The van der Waals surface area contributed by atoms with Gasteiger partial charge in [-0.2, -0.15) is 5.26 Å². The van der Waals surface area contributed by atoms with E-state index < -0.39 is 0 Å². The Morgan fingerprint density at radius 2 is 2.19 bits per heavy atom. The normalized spacial score (nSPS) is 10.4. The largest absolute Gasteiger partial charge is 0.496 e. The van der Waals surface area contributed by atoms with Crippen molar-refractivity contribution in [3.05, 3.63) is 35.5 Å². The molecule has 1 rings (SSSR count). The van der Waals surface area contributed by atoms with Gasteiger partial charge in [-0.25, -0.2) is 0 Å². The first kappa shape index (κ1) is 11.8. The second kappa shape index (κ2) is 5.56. The second-order valence-corrected chi connectivity index (χ2v) is 3.09. The fraction of sp³-hybridized carbons (Fsp3) is 0.167. The molecule has 0 unspecified atom stereocenters. The van der Waals surface area contributed by atoms with Crippen LogP contribution in [0.5, 0.6) is 5.75 Å². The average molecular weight is 216 g/mol. The van der Waals surface area contributed by atoms with Crippen molar-refractivity contribution in [1.82, 2.24) is 5.32 Å². The van der Waals surface area contributed by atoms with E-state index in [1.54, 1.807) is 25.3 Å². The molecule has 16 heavy (non-hydrogen) atoms. The van der Waals surface area contributed by atoms with Gasteiger partial charge in [-0.15, -0.1) is 0 Å². The molecule has 0 spiro atoms. The van der Waals surface area contributed by atoms with E-state index in [1.807, 2.05) is 18.2 Å². The molecule has 0 aliphatic carbocycles. The number of carbonyl (C=O) groups is 1. The first-order chi connectivity index (χ1) is 7.67. The third-order valence-corrected chi connectivity index (χ3v) is 1.87. The molecule has 1 amide bonds. The number of benzene rings is 1. The van der Waals surface area contributed by atoms with E-state index >= 15 is 0 Å². The minimum atomic E-state index is -0.275. The van der Waals surface area contributed by atoms with Crippen LogP contribution in [-0.2, 0) is 4.79 Å². The van der Waals surface area contributed by atoms with Crippen LogP contribution in [0, 0.1) is 11.3 Å². The number of nitrogens with zero attached hydrogens (tertiary/aromatic N) is 1. The lowest BCUT2D eigenvalue weighted by molar-refractivity contribution is -0.118. The summed E-state index contributed by atoms with van der Waals surface area (Å²) in [5.41, 5.74) is 0.937. The van der Waals surface area contributed by atoms with Crippen molar-refractivity contribution in [1.29, 1.82) is 5.26 Å². The van der Waals surface area contributed by atoms with Gasteiger partial charge in [0.15, 0.2) is 0 Å². The first-order valence-electron chi connectivity index (χ1n) is 4.69. The van der Waals surface area contributed by atoms with Crippen LogP contribution in [0.15, 0.2) is 30.0 Å². The summed E-state index contributed by atoms with van der Waals surface area (Å²) in [7, 11) is 1.55. The Morgan fingerprint density at radius 3 is 2.75 bits per heavy atom. The SMILES string of the molecule is COc1ccccc1/C=C(\C#N)NC(C)=O. The second-order valence-electron chi connectivity index (χ2n) is 3.09. The minimum absolute atomic E-state index is 0.192. The van der Waals surface area contributed by atoms with Crippen molar-refractivity contribution in [2.45, 2.75) is 6.92 Å². The van der Waals surface area contributed by atoms with Crippen LogP contribution in [-0.4, -0.2) is 13.0 Å². The van der Waals surface area contributed by atoms with E-state index in [0.29, 0.717) is 5.75 Å².